The lowest BCUT2D eigenvalue weighted by Gasteiger charge is -2.24. The van der Waals surface area contributed by atoms with Crippen molar-refractivity contribution >= 4 is 11.7 Å². The van der Waals surface area contributed by atoms with Crippen molar-refractivity contribution in [2.24, 2.45) is 5.41 Å². The molecule has 0 aromatic carbocycles. The highest BCUT2D eigenvalue weighted by Crippen LogP contribution is 2.38. The molecule has 6 nitrogen and oxygen atoms in total. The van der Waals surface area contributed by atoms with Gasteiger partial charge in [0.05, 0.1) is 0 Å². The largest absolute Gasteiger partial charge is 0.334 e. The molecule has 23 heavy (non-hydrogen) atoms. The van der Waals surface area contributed by atoms with E-state index in [-0.39, 0.29) is 6.03 Å². The third-order valence-electron chi connectivity index (χ3n) is 5.26. The Bertz CT molecular complexity index is 727. The molecule has 1 unspecified atom stereocenters. The minimum absolute atomic E-state index is 0.0552. The Labute approximate surface area is 136 Å². The summed E-state index contributed by atoms with van der Waals surface area (Å²) in [7, 11) is 2.17. The standard InChI is InChI=1S/C17H23N5O/c1-20-7-3-17(12-20)4-8-22(13-17)16(23)19-11-14-2-6-21-9-5-18-15(21)10-14/h2,5-6,9-10H,3-4,7-8,11-13H2,1H3,(H,19,23). The summed E-state index contributed by atoms with van der Waals surface area (Å²) < 4.78 is 1.96. The molecule has 6 heteroatoms. The predicted octanol–water partition coefficient (Wildman–Crippen LogP) is 1.57. The smallest absolute Gasteiger partial charge is 0.317 e. The van der Waals surface area contributed by atoms with E-state index in [1.807, 2.05) is 33.8 Å². The maximum atomic E-state index is 12.4. The molecule has 122 valence electrons. The molecule has 2 aromatic rings. The number of fused-ring (bicyclic) bond motifs is 1. The van der Waals surface area contributed by atoms with Crippen molar-refractivity contribution in [2.75, 3.05) is 33.2 Å². The average molecular weight is 313 g/mol. The van der Waals surface area contributed by atoms with Crippen LogP contribution in [0.15, 0.2) is 30.7 Å². The second-order valence-corrected chi connectivity index (χ2v) is 7.05. The number of aromatic nitrogens is 2. The fourth-order valence-corrected chi connectivity index (χ4v) is 3.95. The number of rotatable bonds is 2. The molecule has 0 radical (unpaired) electrons. The minimum Gasteiger partial charge on any atom is -0.334 e. The van der Waals surface area contributed by atoms with Crippen molar-refractivity contribution in [3.05, 3.63) is 36.3 Å². The first-order valence-corrected chi connectivity index (χ1v) is 8.27. The van der Waals surface area contributed by atoms with Crippen LogP contribution in [0.1, 0.15) is 18.4 Å². The lowest BCUT2D eigenvalue weighted by Crippen LogP contribution is -2.40. The van der Waals surface area contributed by atoms with Gasteiger partial charge < -0.3 is 19.5 Å². The lowest BCUT2D eigenvalue weighted by atomic mass is 9.86. The zero-order valence-electron chi connectivity index (χ0n) is 13.5. The van der Waals surface area contributed by atoms with Crippen molar-refractivity contribution < 1.29 is 4.79 Å². The van der Waals surface area contributed by atoms with Crippen LogP contribution in [0.4, 0.5) is 4.79 Å². The normalized spacial score (nSPS) is 24.8. The maximum absolute atomic E-state index is 12.4. The van der Waals surface area contributed by atoms with Gasteiger partial charge in [0.25, 0.3) is 0 Å². The summed E-state index contributed by atoms with van der Waals surface area (Å²) in [5.41, 5.74) is 2.32. The average Bonchev–Trinajstić information content (AvgIpc) is 3.25. The summed E-state index contributed by atoms with van der Waals surface area (Å²) >= 11 is 0. The number of urea groups is 1. The van der Waals surface area contributed by atoms with Gasteiger partial charge in [0.1, 0.15) is 5.65 Å². The highest BCUT2D eigenvalue weighted by atomic mass is 16.2. The number of nitrogens with zero attached hydrogens (tertiary/aromatic N) is 4. The molecule has 2 saturated heterocycles. The third-order valence-corrected chi connectivity index (χ3v) is 5.26. The molecular formula is C17H23N5O. The maximum Gasteiger partial charge on any atom is 0.317 e. The van der Waals surface area contributed by atoms with Crippen LogP contribution in [0.25, 0.3) is 5.65 Å². The number of imidazole rings is 1. The first kappa shape index (κ1) is 14.5. The van der Waals surface area contributed by atoms with Gasteiger partial charge in [0, 0.05) is 50.2 Å². The summed E-state index contributed by atoms with van der Waals surface area (Å²) in [5, 5.41) is 3.05. The van der Waals surface area contributed by atoms with Gasteiger partial charge in [-0.2, -0.15) is 0 Å². The lowest BCUT2D eigenvalue weighted by molar-refractivity contribution is 0.199. The van der Waals surface area contributed by atoms with Crippen molar-refractivity contribution in [2.45, 2.75) is 19.4 Å². The molecule has 0 saturated carbocycles. The third kappa shape index (κ3) is 2.79. The van der Waals surface area contributed by atoms with Gasteiger partial charge in [-0.25, -0.2) is 9.78 Å². The fraction of sp³-hybridized carbons (Fsp3) is 0.529. The van der Waals surface area contributed by atoms with E-state index in [1.165, 1.54) is 6.42 Å². The Hall–Kier alpha value is -2.08. The van der Waals surface area contributed by atoms with Crippen LogP contribution in [0.5, 0.6) is 0 Å². The molecule has 1 spiro atoms. The highest BCUT2D eigenvalue weighted by Gasteiger charge is 2.43. The molecule has 2 aromatic heterocycles. The van der Waals surface area contributed by atoms with Crippen molar-refractivity contribution in [1.29, 1.82) is 0 Å². The van der Waals surface area contributed by atoms with Gasteiger partial charge in [0.2, 0.25) is 0 Å². The van der Waals surface area contributed by atoms with E-state index in [1.54, 1.807) is 6.20 Å². The van der Waals surface area contributed by atoms with Gasteiger partial charge in [-0.05, 0) is 44.1 Å². The Morgan fingerprint density at radius 2 is 2.17 bits per heavy atom. The summed E-state index contributed by atoms with van der Waals surface area (Å²) in [4.78, 5) is 21.1. The van der Waals surface area contributed by atoms with E-state index in [0.29, 0.717) is 12.0 Å². The molecule has 1 N–H and O–H groups in total. The fourth-order valence-electron chi connectivity index (χ4n) is 3.95. The van der Waals surface area contributed by atoms with Crippen LogP contribution < -0.4 is 5.32 Å². The zero-order chi connectivity index (χ0) is 15.9. The van der Waals surface area contributed by atoms with Crippen LogP contribution in [0.2, 0.25) is 0 Å². The molecule has 4 rings (SSSR count). The molecule has 4 heterocycles. The predicted molar refractivity (Wildman–Crippen MR) is 88.2 cm³/mol. The van der Waals surface area contributed by atoms with E-state index < -0.39 is 0 Å². The Kier molecular flexibility index (Phi) is 3.49. The van der Waals surface area contributed by atoms with Gasteiger partial charge in [-0.3, -0.25) is 0 Å². The van der Waals surface area contributed by atoms with E-state index in [4.69, 9.17) is 0 Å². The first-order valence-electron chi connectivity index (χ1n) is 8.27. The monoisotopic (exact) mass is 313 g/mol. The topological polar surface area (TPSA) is 52.9 Å². The molecule has 1 atom stereocenters. The molecule has 2 aliphatic heterocycles. The Balaban J connectivity index is 1.35. The summed E-state index contributed by atoms with van der Waals surface area (Å²) in [6.45, 7) is 4.58. The first-order chi connectivity index (χ1) is 11.1. The van der Waals surface area contributed by atoms with E-state index in [0.717, 1.165) is 43.8 Å². The number of likely N-dealkylation sites (tertiary alicyclic amines) is 2. The number of hydrogen-bond acceptors (Lipinski definition) is 3. The molecule has 2 amide bonds. The van der Waals surface area contributed by atoms with Crippen molar-refractivity contribution in [3.63, 3.8) is 0 Å². The van der Waals surface area contributed by atoms with E-state index >= 15 is 0 Å². The van der Waals surface area contributed by atoms with Crippen LogP contribution in [0, 0.1) is 5.41 Å². The molecule has 2 fully saturated rings. The van der Waals surface area contributed by atoms with E-state index in [9.17, 15) is 4.79 Å². The van der Waals surface area contributed by atoms with Crippen LogP contribution in [0.3, 0.4) is 0 Å². The molecular weight excluding hydrogens is 290 g/mol. The Morgan fingerprint density at radius 3 is 3.00 bits per heavy atom. The summed E-state index contributed by atoms with van der Waals surface area (Å²) in [6, 6.07) is 4.09. The molecule has 0 aliphatic carbocycles. The minimum atomic E-state index is 0.0552. The molecule has 0 bridgehead atoms. The zero-order valence-corrected chi connectivity index (χ0v) is 13.5. The van der Waals surface area contributed by atoms with E-state index in [2.05, 4.69) is 22.2 Å². The van der Waals surface area contributed by atoms with Crippen molar-refractivity contribution in [3.8, 4) is 0 Å². The second kappa shape index (κ2) is 5.53. The van der Waals surface area contributed by atoms with Gasteiger partial charge in [0.15, 0.2) is 0 Å². The number of hydrogen-bond donors (Lipinski definition) is 1. The summed E-state index contributed by atoms with van der Waals surface area (Å²) in [5.74, 6) is 0. The SMILES string of the molecule is CN1CCC2(CCN(C(=O)NCc3ccn4ccnc4c3)C2)C1. The number of nitrogens with one attached hydrogen (secondary N) is 1. The van der Waals surface area contributed by atoms with Crippen LogP contribution >= 0.6 is 0 Å². The quantitative estimate of drug-likeness (QED) is 0.916. The number of carbonyl (C=O) groups is 1. The van der Waals surface area contributed by atoms with Crippen LogP contribution in [-0.4, -0.2) is 58.4 Å². The Morgan fingerprint density at radius 1 is 1.30 bits per heavy atom. The number of pyridine rings is 1. The molecule has 2 aliphatic rings. The second-order valence-electron chi connectivity index (χ2n) is 7.05. The van der Waals surface area contributed by atoms with Gasteiger partial charge in [-0.1, -0.05) is 0 Å². The summed E-state index contributed by atoms with van der Waals surface area (Å²) in [6.07, 6.45) is 8.01. The number of amides is 2. The van der Waals surface area contributed by atoms with Gasteiger partial charge in [-0.15, -0.1) is 0 Å². The highest BCUT2D eigenvalue weighted by molar-refractivity contribution is 5.74. The van der Waals surface area contributed by atoms with Gasteiger partial charge >= 0.3 is 6.03 Å². The number of carbonyl (C=O) groups excluding carboxylic acids is 1. The van der Waals surface area contributed by atoms with Crippen LogP contribution in [-0.2, 0) is 6.54 Å². The van der Waals surface area contributed by atoms with Crippen molar-refractivity contribution in [1.82, 2.24) is 24.5 Å².